The fourth-order valence-corrected chi connectivity index (χ4v) is 2.50. The van der Waals surface area contributed by atoms with E-state index in [4.69, 9.17) is 5.73 Å². The van der Waals surface area contributed by atoms with Crippen molar-refractivity contribution in [2.75, 3.05) is 0 Å². The molecular formula is C11H18N6S. The van der Waals surface area contributed by atoms with Crippen LogP contribution in [0, 0.1) is 0 Å². The molecular weight excluding hydrogens is 248 g/mol. The van der Waals surface area contributed by atoms with Gasteiger partial charge in [-0.1, -0.05) is 43.7 Å². The molecule has 0 saturated carbocycles. The molecule has 0 aliphatic rings. The highest BCUT2D eigenvalue weighted by Crippen LogP contribution is 2.23. The van der Waals surface area contributed by atoms with Gasteiger partial charge in [0, 0.05) is 12.5 Å². The van der Waals surface area contributed by atoms with Gasteiger partial charge in [0.05, 0.1) is 11.4 Å². The molecule has 0 spiro atoms. The predicted octanol–water partition coefficient (Wildman–Crippen LogP) is 1.65. The molecule has 0 aliphatic heterocycles. The topological polar surface area (TPSA) is 82.5 Å². The summed E-state index contributed by atoms with van der Waals surface area (Å²) in [6.45, 7) is 6.73. The molecule has 0 aliphatic carbocycles. The number of nitrogens with two attached hydrogens (primary N) is 1. The Kier molecular flexibility index (Phi) is 4.03. The van der Waals surface area contributed by atoms with Crippen molar-refractivity contribution in [3.8, 4) is 5.13 Å². The van der Waals surface area contributed by atoms with Gasteiger partial charge in [-0.25, -0.2) is 0 Å². The van der Waals surface area contributed by atoms with E-state index in [2.05, 4.69) is 41.3 Å². The molecule has 0 fully saturated rings. The lowest BCUT2D eigenvalue weighted by atomic mass is 10.2. The highest BCUT2D eigenvalue weighted by atomic mass is 32.1. The van der Waals surface area contributed by atoms with Crippen LogP contribution in [-0.4, -0.2) is 25.2 Å². The van der Waals surface area contributed by atoms with Crippen molar-refractivity contribution >= 4 is 11.3 Å². The maximum Gasteiger partial charge on any atom is 0.234 e. The SMILES string of the molecule is CCCc1c(CN)nnn1-c1nnc(C(C)C)s1. The first-order chi connectivity index (χ1) is 8.67. The lowest BCUT2D eigenvalue weighted by molar-refractivity contribution is 0.729. The minimum atomic E-state index is 0.378. The number of hydrogen-bond acceptors (Lipinski definition) is 6. The van der Waals surface area contributed by atoms with Gasteiger partial charge >= 0.3 is 0 Å². The Hall–Kier alpha value is -1.34. The standard InChI is InChI=1S/C11H18N6S/c1-4-5-9-8(6-12)13-16-17(9)11-15-14-10(18-11)7(2)3/h7H,4-6,12H2,1-3H3. The Labute approximate surface area is 110 Å². The monoisotopic (exact) mass is 266 g/mol. The van der Waals surface area contributed by atoms with Crippen LogP contribution in [0.1, 0.15) is 49.5 Å². The molecule has 6 nitrogen and oxygen atoms in total. The van der Waals surface area contributed by atoms with Crippen LogP contribution in [0.3, 0.4) is 0 Å². The van der Waals surface area contributed by atoms with Crippen molar-refractivity contribution in [3.63, 3.8) is 0 Å². The van der Waals surface area contributed by atoms with Gasteiger partial charge in [0.15, 0.2) is 0 Å². The molecule has 0 atom stereocenters. The van der Waals surface area contributed by atoms with E-state index < -0.39 is 0 Å². The van der Waals surface area contributed by atoms with E-state index in [9.17, 15) is 0 Å². The van der Waals surface area contributed by atoms with Gasteiger partial charge in [0.1, 0.15) is 5.01 Å². The van der Waals surface area contributed by atoms with Crippen molar-refractivity contribution in [1.29, 1.82) is 0 Å². The third-order valence-corrected chi connectivity index (χ3v) is 3.83. The zero-order chi connectivity index (χ0) is 13.1. The van der Waals surface area contributed by atoms with Gasteiger partial charge in [0.2, 0.25) is 5.13 Å². The summed E-state index contributed by atoms with van der Waals surface area (Å²) in [5, 5.41) is 18.4. The maximum atomic E-state index is 5.68. The molecule has 0 saturated heterocycles. The van der Waals surface area contributed by atoms with Crippen LogP contribution < -0.4 is 5.73 Å². The Bertz CT molecular complexity index is 515. The van der Waals surface area contributed by atoms with Crippen LogP contribution >= 0.6 is 11.3 Å². The van der Waals surface area contributed by atoms with Crippen LogP contribution in [0.2, 0.25) is 0 Å². The van der Waals surface area contributed by atoms with Crippen LogP contribution in [-0.2, 0) is 13.0 Å². The zero-order valence-electron chi connectivity index (χ0n) is 10.9. The Morgan fingerprint density at radius 2 is 2.06 bits per heavy atom. The van der Waals surface area contributed by atoms with Gasteiger partial charge < -0.3 is 5.73 Å². The minimum Gasteiger partial charge on any atom is -0.325 e. The summed E-state index contributed by atoms with van der Waals surface area (Å²) in [5.41, 5.74) is 7.57. The van der Waals surface area contributed by atoms with Gasteiger partial charge in [-0.3, -0.25) is 0 Å². The summed E-state index contributed by atoms with van der Waals surface area (Å²) in [5.74, 6) is 0.378. The molecule has 2 aromatic heterocycles. The molecule has 0 unspecified atom stereocenters. The molecule has 2 N–H and O–H groups in total. The first kappa shape index (κ1) is 13.1. The van der Waals surface area contributed by atoms with Crippen LogP contribution in [0.4, 0.5) is 0 Å². The first-order valence-electron chi connectivity index (χ1n) is 6.14. The Morgan fingerprint density at radius 1 is 1.28 bits per heavy atom. The molecule has 0 amide bonds. The highest BCUT2D eigenvalue weighted by Gasteiger charge is 2.16. The lowest BCUT2D eigenvalue weighted by Crippen LogP contribution is -2.05. The van der Waals surface area contributed by atoms with E-state index in [0.29, 0.717) is 12.5 Å². The summed E-state index contributed by atoms with van der Waals surface area (Å²) in [7, 11) is 0. The summed E-state index contributed by atoms with van der Waals surface area (Å²) in [4.78, 5) is 0. The first-order valence-corrected chi connectivity index (χ1v) is 6.96. The lowest BCUT2D eigenvalue weighted by Gasteiger charge is -2.02. The average molecular weight is 266 g/mol. The second-order valence-electron chi connectivity index (χ2n) is 4.43. The molecule has 2 aromatic rings. The van der Waals surface area contributed by atoms with Gasteiger partial charge in [-0.15, -0.1) is 15.3 Å². The van der Waals surface area contributed by atoms with Gasteiger partial charge in [-0.2, -0.15) is 4.68 Å². The van der Waals surface area contributed by atoms with E-state index in [0.717, 1.165) is 34.4 Å². The second-order valence-corrected chi connectivity index (χ2v) is 5.41. The summed E-state index contributed by atoms with van der Waals surface area (Å²) in [6.07, 6.45) is 1.92. The van der Waals surface area contributed by atoms with Crippen molar-refractivity contribution in [2.24, 2.45) is 5.73 Å². The Balaban J connectivity index is 2.39. The van der Waals surface area contributed by atoms with Crippen molar-refractivity contribution in [2.45, 2.75) is 46.1 Å². The Morgan fingerprint density at radius 3 is 2.61 bits per heavy atom. The molecule has 0 aromatic carbocycles. The van der Waals surface area contributed by atoms with Crippen LogP contribution in [0.15, 0.2) is 0 Å². The minimum absolute atomic E-state index is 0.378. The quantitative estimate of drug-likeness (QED) is 0.889. The average Bonchev–Trinajstić information content (AvgIpc) is 2.95. The molecule has 0 radical (unpaired) electrons. The molecule has 2 rings (SSSR count). The second kappa shape index (κ2) is 5.53. The van der Waals surface area contributed by atoms with Crippen LogP contribution in [0.5, 0.6) is 0 Å². The van der Waals surface area contributed by atoms with Gasteiger partial charge in [0.25, 0.3) is 0 Å². The number of nitrogens with zero attached hydrogens (tertiary/aromatic N) is 5. The number of hydrogen-bond donors (Lipinski definition) is 1. The summed E-state index contributed by atoms with van der Waals surface area (Å²) >= 11 is 1.56. The zero-order valence-corrected chi connectivity index (χ0v) is 11.7. The number of aromatic nitrogens is 5. The molecule has 18 heavy (non-hydrogen) atoms. The summed E-state index contributed by atoms with van der Waals surface area (Å²) in [6, 6.07) is 0. The summed E-state index contributed by atoms with van der Waals surface area (Å²) < 4.78 is 1.77. The van der Waals surface area contributed by atoms with Crippen molar-refractivity contribution < 1.29 is 0 Å². The van der Waals surface area contributed by atoms with E-state index in [1.165, 1.54) is 0 Å². The van der Waals surface area contributed by atoms with Crippen molar-refractivity contribution in [1.82, 2.24) is 25.2 Å². The highest BCUT2D eigenvalue weighted by molar-refractivity contribution is 7.13. The third-order valence-electron chi connectivity index (χ3n) is 2.63. The van der Waals surface area contributed by atoms with Crippen molar-refractivity contribution in [3.05, 3.63) is 16.4 Å². The van der Waals surface area contributed by atoms with Gasteiger partial charge in [-0.05, 0) is 6.42 Å². The normalized spacial score (nSPS) is 11.4. The molecule has 2 heterocycles. The molecule has 0 bridgehead atoms. The fourth-order valence-electron chi connectivity index (χ4n) is 1.68. The van der Waals surface area contributed by atoms with Crippen LogP contribution in [0.25, 0.3) is 5.13 Å². The van der Waals surface area contributed by atoms with E-state index in [-0.39, 0.29) is 0 Å². The number of rotatable bonds is 5. The smallest absolute Gasteiger partial charge is 0.234 e. The fraction of sp³-hybridized carbons (Fsp3) is 0.636. The largest absolute Gasteiger partial charge is 0.325 e. The van der Waals surface area contributed by atoms with E-state index in [1.54, 1.807) is 16.0 Å². The third kappa shape index (κ3) is 2.41. The maximum absolute atomic E-state index is 5.68. The molecule has 7 heteroatoms. The van der Waals surface area contributed by atoms with E-state index >= 15 is 0 Å². The molecule has 98 valence electrons. The van der Waals surface area contributed by atoms with E-state index in [1.807, 2.05) is 0 Å². The predicted molar refractivity (Wildman–Crippen MR) is 70.8 cm³/mol.